The Hall–Kier alpha value is -1.23. The quantitative estimate of drug-likeness (QED) is 0.798. The van der Waals surface area contributed by atoms with Crippen LogP contribution in [0.15, 0.2) is 42.5 Å². The van der Waals surface area contributed by atoms with Crippen molar-refractivity contribution >= 4 is 28.3 Å². The van der Waals surface area contributed by atoms with Gasteiger partial charge in [-0.05, 0) is 65.8 Å². The van der Waals surface area contributed by atoms with Crippen LogP contribution in [0.5, 0.6) is 5.75 Å². The lowest BCUT2D eigenvalue weighted by Gasteiger charge is -2.16. The second-order valence-electron chi connectivity index (χ2n) is 4.42. The van der Waals surface area contributed by atoms with Crippen LogP contribution in [0.4, 0.5) is 5.69 Å². The first-order valence-corrected chi connectivity index (χ1v) is 6.96. The average molecular weight is 353 g/mol. The lowest BCUT2D eigenvalue weighted by Crippen LogP contribution is -2.06. The maximum absolute atomic E-state index is 9.68. The number of phenols is 1. The molecule has 0 aliphatic carbocycles. The van der Waals surface area contributed by atoms with Gasteiger partial charge in [0, 0.05) is 21.4 Å². The topological polar surface area (TPSA) is 32.3 Å². The molecule has 2 aromatic rings. The van der Waals surface area contributed by atoms with Crippen molar-refractivity contribution in [1.82, 2.24) is 0 Å². The molecular weight excluding hydrogens is 337 g/mol. The number of aryl methyl sites for hydroxylation is 1. The van der Waals surface area contributed by atoms with Crippen molar-refractivity contribution in [3.63, 3.8) is 0 Å². The van der Waals surface area contributed by atoms with Gasteiger partial charge in [0.1, 0.15) is 5.75 Å². The van der Waals surface area contributed by atoms with Gasteiger partial charge in [0.2, 0.25) is 0 Å². The van der Waals surface area contributed by atoms with Crippen LogP contribution in [0.25, 0.3) is 0 Å². The van der Waals surface area contributed by atoms with Gasteiger partial charge in [-0.15, -0.1) is 0 Å². The molecule has 94 valence electrons. The van der Waals surface area contributed by atoms with Gasteiger partial charge in [-0.3, -0.25) is 0 Å². The lowest BCUT2D eigenvalue weighted by molar-refractivity contribution is 0.471. The maximum atomic E-state index is 9.68. The van der Waals surface area contributed by atoms with Crippen LogP contribution in [0.3, 0.4) is 0 Å². The fourth-order valence-electron chi connectivity index (χ4n) is 1.78. The zero-order chi connectivity index (χ0) is 13.1. The molecule has 0 saturated carbocycles. The number of benzene rings is 2. The van der Waals surface area contributed by atoms with E-state index in [0.717, 1.165) is 11.3 Å². The molecular formula is C15H16INO. The number of anilines is 1. The molecule has 0 aliphatic heterocycles. The maximum Gasteiger partial charge on any atom is 0.120 e. The number of hydrogen-bond donors (Lipinski definition) is 2. The second-order valence-corrected chi connectivity index (χ2v) is 5.66. The third kappa shape index (κ3) is 3.16. The first-order chi connectivity index (χ1) is 8.56. The Morgan fingerprint density at radius 3 is 2.39 bits per heavy atom. The Morgan fingerprint density at radius 1 is 1.11 bits per heavy atom. The number of aromatic hydroxyl groups is 1. The second kappa shape index (κ2) is 5.61. The van der Waals surface area contributed by atoms with Crippen LogP contribution in [0.1, 0.15) is 24.1 Å². The molecule has 0 bridgehead atoms. The van der Waals surface area contributed by atoms with E-state index in [1.807, 2.05) is 19.1 Å². The normalized spacial score (nSPS) is 12.2. The SMILES string of the molecule is Cc1ccc(NC(C)c2ccc(I)cc2)cc1O. The van der Waals surface area contributed by atoms with Gasteiger partial charge in [0.05, 0.1) is 0 Å². The lowest BCUT2D eigenvalue weighted by atomic mass is 10.1. The first-order valence-electron chi connectivity index (χ1n) is 5.88. The summed E-state index contributed by atoms with van der Waals surface area (Å²) >= 11 is 2.30. The summed E-state index contributed by atoms with van der Waals surface area (Å²) in [6.45, 7) is 4.00. The van der Waals surface area contributed by atoms with Gasteiger partial charge < -0.3 is 10.4 Å². The van der Waals surface area contributed by atoms with E-state index in [2.05, 4.69) is 59.1 Å². The van der Waals surface area contributed by atoms with Crippen LogP contribution in [-0.4, -0.2) is 5.11 Å². The van der Waals surface area contributed by atoms with Gasteiger partial charge in [0.15, 0.2) is 0 Å². The van der Waals surface area contributed by atoms with Gasteiger partial charge in [-0.25, -0.2) is 0 Å². The summed E-state index contributed by atoms with van der Waals surface area (Å²) in [6.07, 6.45) is 0. The third-order valence-corrected chi connectivity index (χ3v) is 3.68. The monoisotopic (exact) mass is 353 g/mol. The third-order valence-electron chi connectivity index (χ3n) is 2.96. The van der Waals surface area contributed by atoms with Crippen LogP contribution >= 0.6 is 22.6 Å². The van der Waals surface area contributed by atoms with Crippen molar-refractivity contribution in [2.45, 2.75) is 19.9 Å². The number of hydrogen-bond acceptors (Lipinski definition) is 2. The highest BCUT2D eigenvalue weighted by Crippen LogP contribution is 2.25. The predicted molar refractivity (Wildman–Crippen MR) is 84.0 cm³/mol. The number of phenolic OH excluding ortho intramolecular Hbond substituents is 1. The Balaban J connectivity index is 2.13. The summed E-state index contributed by atoms with van der Waals surface area (Å²) in [5.41, 5.74) is 3.06. The highest BCUT2D eigenvalue weighted by molar-refractivity contribution is 14.1. The van der Waals surface area contributed by atoms with Crippen molar-refractivity contribution in [2.24, 2.45) is 0 Å². The standard InChI is InChI=1S/C15H16INO/c1-10-3-8-14(9-15(10)18)17-11(2)12-4-6-13(16)7-5-12/h3-9,11,17-18H,1-2H3. The zero-order valence-electron chi connectivity index (χ0n) is 10.4. The molecule has 0 amide bonds. The number of nitrogens with one attached hydrogen (secondary N) is 1. The molecule has 0 spiro atoms. The molecule has 2 nitrogen and oxygen atoms in total. The Labute approximate surface area is 121 Å². The van der Waals surface area contributed by atoms with E-state index in [-0.39, 0.29) is 6.04 Å². The number of halogens is 1. The molecule has 1 atom stereocenters. The molecule has 18 heavy (non-hydrogen) atoms. The summed E-state index contributed by atoms with van der Waals surface area (Å²) in [5.74, 6) is 0.329. The van der Waals surface area contributed by atoms with Gasteiger partial charge in [-0.2, -0.15) is 0 Å². The van der Waals surface area contributed by atoms with E-state index >= 15 is 0 Å². The highest BCUT2D eigenvalue weighted by Gasteiger charge is 2.06. The van der Waals surface area contributed by atoms with E-state index < -0.39 is 0 Å². The van der Waals surface area contributed by atoms with E-state index in [1.54, 1.807) is 6.07 Å². The van der Waals surface area contributed by atoms with Crippen molar-refractivity contribution in [3.05, 3.63) is 57.2 Å². The molecule has 0 aromatic heterocycles. The fourth-order valence-corrected chi connectivity index (χ4v) is 2.14. The molecule has 0 aliphatic rings. The van der Waals surface area contributed by atoms with Crippen molar-refractivity contribution < 1.29 is 5.11 Å². The smallest absolute Gasteiger partial charge is 0.120 e. The summed E-state index contributed by atoms with van der Waals surface area (Å²) in [6, 6.07) is 14.3. The summed E-state index contributed by atoms with van der Waals surface area (Å²) < 4.78 is 1.23. The van der Waals surface area contributed by atoms with Gasteiger partial charge >= 0.3 is 0 Å². The minimum Gasteiger partial charge on any atom is -0.508 e. The minimum absolute atomic E-state index is 0.212. The Bertz CT molecular complexity index is 537. The molecule has 2 N–H and O–H groups in total. The van der Waals surface area contributed by atoms with Crippen LogP contribution in [-0.2, 0) is 0 Å². The van der Waals surface area contributed by atoms with E-state index in [1.165, 1.54) is 9.13 Å². The predicted octanol–water partition coefficient (Wildman–Crippen LogP) is 4.48. The Morgan fingerprint density at radius 2 is 1.78 bits per heavy atom. The summed E-state index contributed by atoms with van der Waals surface area (Å²) in [4.78, 5) is 0. The van der Waals surface area contributed by atoms with Crippen LogP contribution in [0, 0.1) is 10.5 Å². The molecule has 2 rings (SSSR count). The van der Waals surface area contributed by atoms with E-state index in [0.29, 0.717) is 5.75 Å². The molecule has 0 saturated heterocycles. The summed E-state index contributed by atoms with van der Waals surface area (Å²) in [5, 5.41) is 13.1. The minimum atomic E-state index is 0.212. The van der Waals surface area contributed by atoms with Gasteiger partial charge in [0.25, 0.3) is 0 Å². The molecule has 1 unspecified atom stereocenters. The van der Waals surface area contributed by atoms with Crippen LogP contribution < -0.4 is 5.32 Å². The molecule has 0 fully saturated rings. The zero-order valence-corrected chi connectivity index (χ0v) is 12.6. The van der Waals surface area contributed by atoms with E-state index in [9.17, 15) is 5.11 Å². The highest BCUT2D eigenvalue weighted by atomic mass is 127. The molecule has 0 heterocycles. The first kappa shape index (κ1) is 13.2. The van der Waals surface area contributed by atoms with Gasteiger partial charge in [-0.1, -0.05) is 18.2 Å². The average Bonchev–Trinajstić information content (AvgIpc) is 2.34. The molecule has 0 radical (unpaired) electrons. The van der Waals surface area contributed by atoms with E-state index in [4.69, 9.17) is 0 Å². The van der Waals surface area contributed by atoms with Crippen molar-refractivity contribution in [2.75, 3.05) is 5.32 Å². The fraction of sp³-hybridized carbons (Fsp3) is 0.200. The van der Waals surface area contributed by atoms with Crippen LogP contribution in [0.2, 0.25) is 0 Å². The largest absolute Gasteiger partial charge is 0.508 e. The van der Waals surface area contributed by atoms with Crippen molar-refractivity contribution in [3.8, 4) is 5.75 Å². The molecule has 2 aromatic carbocycles. The molecule has 3 heteroatoms. The number of rotatable bonds is 3. The van der Waals surface area contributed by atoms with Crippen molar-refractivity contribution in [1.29, 1.82) is 0 Å². The Kier molecular flexibility index (Phi) is 4.11. The summed E-state index contributed by atoms with van der Waals surface area (Å²) in [7, 11) is 0.